The second kappa shape index (κ2) is 4.72. The standard InChI is InChI=1S/C14H14O2S/c1-9-4-5-11(8-10(9)2)12-6-7-17-13(12)14(15)16-3/h4-8H,1-3H3. The van der Waals surface area contributed by atoms with Crippen molar-refractivity contribution < 1.29 is 9.53 Å². The minimum absolute atomic E-state index is 0.270. The lowest BCUT2D eigenvalue weighted by molar-refractivity contribution is 0.0607. The zero-order chi connectivity index (χ0) is 12.4. The Kier molecular flexibility index (Phi) is 3.29. The fourth-order valence-corrected chi connectivity index (χ4v) is 2.53. The summed E-state index contributed by atoms with van der Waals surface area (Å²) in [4.78, 5) is 12.3. The van der Waals surface area contributed by atoms with E-state index >= 15 is 0 Å². The number of aryl methyl sites for hydroxylation is 2. The lowest BCUT2D eigenvalue weighted by Gasteiger charge is -2.05. The lowest BCUT2D eigenvalue weighted by Crippen LogP contribution is -1.99. The van der Waals surface area contributed by atoms with Crippen molar-refractivity contribution in [3.63, 3.8) is 0 Å². The van der Waals surface area contributed by atoms with Crippen LogP contribution in [0.25, 0.3) is 11.1 Å². The molecular formula is C14H14O2S. The molecule has 0 N–H and O–H groups in total. The maximum atomic E-state index is 11.6. The van der Waals surface area contributed by atoms with Gasteiger partial charge in [0.05, 0.1) is 7.11 Å². The van der Waals surface area contributed by atoms with Crippen molar-refractivity contribution in [1.82, 2.24) is 0 Å². The highest BCUT2D eigenvalue weighted by Crippen LogP contribution is 2.30. The van der Waals surface area contributed by atoms with Gasteiger partial charge in [-0.1, -0.05) is 18.2 Å². The van der Waals surface area contributed by atoms with Crippen molar-refractivity contribution in [3.05, 3.63) is 45.6 Å². The highest BCUT2D eigenvalue weighted by atomic mass is 32.1. The molecule has 2 rings (SSSR count). The van der Waals surface area contributed by atoms with Gasteiger partial charge in [-0.05, 0) is 42.0 Å². The molecule has 2 aromatic rings. The van der Waals surface area contributed by atoms with Crippen molar-refractivity contribution in [2.75, 3.05) is 7.11 Å². The van der Waals surface area contributed by atoms with Crippen LogP contribution < -0.4 is 0 Å². The molecule has 0 bridgehead atoms. The Labute approximate surface area is 105 Å². The van der Waals surface area contributed by atoms with E-state index < -0.39 is 0 Å². The van der Waals surface area contributed by atoms with Crippen LogP contribution in [0.3, 0.4) is 0 Å². The van der Waals surface area contributed by atoms with Gasteiger partial charge >= 0.3 is 5.97 Å². The minimum Gasteiger partial charge on any atom is -0.465 e. The Hall–Kier alpha value is -1.61. The molecule has 1 aromatic heterocycles. The molecule has 0 fully saturated rings. The van der Waals surface area contributed by atoms with E-state index in [9.17, 15) is 4.79 Å². The van der Waals surface area contributed by atoms with Crippen LogP contribution in [0.15, 0.2) is 29.6 Å². The van der Waals surface area contributed by atoms with E-state index in [0.717, 1.165) is 11.1 Å². The first-order chi connectivity index (χ1) is 8.13. The number of carbonyl (C=O) groups is 1. The summed E-state index contributed by atoms with van der Waals surface area (Å²) < 4.78 is 4.78. The van der Waals surface area contributed by atoms with E-state index in [1.165, 1.54) is 29.6 Å². The van der Waals surface area contributed by atoms with Gasteiger partial charge in [-0.15, -0.1) is 11.3 Å². The smallest absolute Gasteiger partial charge is 0.348 e. The normalized spacial score (nSPS) is 10.3. The van der Waals surface area contributed by atoms with Gasteiger partial charge < -0.3 is 4.74 Å². The summed E-state index contributed by atoms with van der Waals surface area (Å²) in [6.07, 6.45) is 0. The van der Waals surface area contributed by atoms with Gasteiger partial charge in [0.2, 0.25) is 0 Å². The first kappa shape index (κ1) is 11.9. The van der Waals surface area contributed by atoms with Crippen LogP contribution in [-0.4, -0.2) is 13.1 Å². The molecule has 0 saturated carbocycles. The largest absolute Gasteiger partial charge is 0.465 e. The maximum Gasteiger partial charge on any atom is 0.348 e. The molecule has 0 radical (unpaired) electrons. The van der Waals surface area contributed by atoms with Crippen molar-refractivity contribution in [1.29, 1.82) is 0 Å². The molecule has 2 nitrogen and oxygen atoms in total. The van der Waals surface area contributed by atoms with Gasteiger partial charge in [-0.25, -0.2) is 4.79 Å². The van der Waals surface area contributed by atoms with Gasteiger partial charge in [0.15, 0.2) is 0 Å². The molecule has 0 amide bonds. The van der Waals surface area contributed by atoms with E-state index in [-0.39, 0.29) is 5.97 Å². The Morgan fingerprint density at radius 3 is 2.59 bits per heavy atom. The number of benzene rings is 1. The van der Waals surface area contributed by atoms with Crippen molar-refractivity contribution in [2.45, 2.75) is 13.8 Å². The number of methoxy groups -OCH3 is 1. The first-order valence-corrected chi connectivity index (χ1v) is 6.25. The third kappa shape index (κ3) is 2.24. The van der Waals surface area contributed by atoms with Gasteiger partial charge in [-0.2, -0.15) is 0 Å². The third-order valence-corrected chi connectivity index (χ3v) is 3.75. The summed E-state index contributed by atoms with van der Waals surface area (Å²) >= 11 is 1.41. The summed E-state index contributed by atoms with van der Waals surface area (Å²) in [7, 11) is 1.41. The average Bonchev–Trinajstić information content (AvgIpc) is 2.80. The second-order valence-electron chi connectivity index (χ2n) is 3.95. The third-order valence-electron chi connectivity index (χ3n) is 2.85. The second-order valence-corrected chi connectivity index (χ2v) is 4.87. The molecule has 0 spiro atoms. The number of carbonyl (C=O) groups excluding carboxylic acids is 1. The van der Waals surface area contributed by atoms with Gasteiger partial charge in [0.25, 0.3) is 0 Å². The predicted octanol–water partition coefficient (Wildman–Crippen LogP) is 3.82. The Morgan fingerprint density at radius 2 is 1.94 bits per heavy atom. The average molecular weight is 246 g/mol. The molecule has 0 atom stereocenters. The first-order valence-electron chi connectivity index (χ1n) is 5.37. The molecule has 17 heavy (non-hydrogen) atoms. The number of hydrogen-bond donors (Lipinski definition) is 0. The molecule has 0 saturated heterocycles. The Balaban J connectivity index is 2.50. The van der Waals surface area contributed by atoms with Crippen LogP contribution >= 0.6 is 11.3 Å². The Bertz CT molecular complexity index is 555. The highest BCUT2D eigenvalue weighted by Gasteiger charge is 2.14. The monoisotopic (exact) mass is 246 g/mol. The molecule has 88 valence electrons. The summed E-state index contributed by atoms with van der Waals surface area (Å²) in [6.45, 7) is 4.15. The van der Waals surface area contributed by atoms with Crippen molar-refractivity contribution in [3.8, 4) is 11.1 Å². The van der Waals surface area contributed by atoms with E-state index in [1.54, 1.807) is 0 Å². The summed E-state index contributed by atoms with van der Waals surface area (Å²) in [5, 5.41) is 1.91. The maximum absolute atomic E-state index is 11.6. The Morgan fingerprint density at radius 1 is 1.18 bits per heavy atom. The highest BCUT2D eigenvalue weighted by molar-refractivity contribution is 7.12. The van der Waals surface area contributed by atoms with Gasteiger partial charge in [-0.3, -0.25) is 0 Å². The predicted molar refractivity (Wildman–Crippen MR) is 70.6 cm³/mol. The quantitative estimate of drug-likeness (QED) is 0.753. The van der Waals surface area contributed by atoms with E-state index in [0.29, 0.717) is 4.88 Å². The van der Waals surface area contributed by atoms with Crippen LogP contribution in [0.5, 0.6) is 0 Å². The van der Waals surface area contributed by atoms with E-state index in [1.807, 2.05) is 17.5 Å². The van der Waals surface area contributed by atoms with Crippen LogP contribution in [0.1, 0.15) is 20.8 Å². The van der Waals surface area contributed by atoms with Gasteiger partial charge in [0, 0.05) is 5.56 Å². The molecule has 0 aliphatic carbocycles. The molecule has 0 aliphatic heterocycles. The topological polar surface area (TPSA) is 26.3 Å². The number of ether oxygens (including phenoxy) is 1. The van der Waals surface area contributed by atoms with Crippen molar-refractivity contribution in [2.24, 2.45) is 0 Å². The zero-order valence-corrected chi connectivity index (χ0v) is 10.9. The molecular weight excluding hydrogens is 232 g/mol. The summed E-state index contributed by atoms with van der Waals surface area (Å²) in [6, 6.07) is 8.17. The van der Waals surface area contributed by atoms with E-state index in [2.05, 4.69) is 26.0 Å². The molecule has 3 heteroatoms. The number of thiophene rings is 1. The number of esters is 1. The summed E-state index contributed by atoms with van der Waals surface area (Å²) in [5.74, 6) is -0.270. The van der Waals surface area contributed by atoms with Crippen LogP contribution in [0, 0.1) is 13.8 Å². The van der Waals surface area contributed by atoms with E-state index in [4.69, 9.17) is 4.74 Å². The fraction of sp³-hybridized carbons (Fsp3) is 0.214. The number of rotatable bonds is 2. The lowest BCUT2D eigenvalue weighted by atomic mass is 10.0. The summed E-state index contributed by atoms with van der Waals surface area (Å²) in [5.41, 5.74) is 4.49. The molecule has 1 aromatic carbocycles. The molecule has 0 unspecified atom stereocenters. The van der Waals surface area contributed by atoms with Crippen molar-refractivity contribution >= 4 is 17.3 Å². The van der Waals surface area contributed by atoms with Crippen LogP contribution in [-0.2, 0) is 4.74 Å². The molecule has 0 aliphatic rings. The number of hydrogen-bond acceptors (Lipinski definition) is 3. The fourth-order valence-electron chi connectivity index (χ4n) is 1.70. The SMILES string of the molecule is COC(=O)c1sccc1-c1ccc(C)c(C)c1. The van der Waals surface area contributed by atoms with Gasteiger partial charge in [0.1, 0.15) is 4.88 Å². The minimum atomic E-state index is -0.270. The van der Waals surface area contributed by atoms with Crippen LogP contribution in [0.2, 0.25) is 0 Å². The molecule has 1 heterocycles. The zero-order valence-electron chi connectivity index (χ0n) is 10.1. The van der Waals surface area contributed by atoms with Crippen LogP contribution in [0.4, 0.5) is 0 Å².